The Balaban J connectivity index is 1.72. The topological polar surface area (TPSA) is 84.2 Å². The zero-order valence-electron chi connectivity index (χ0n) is 13.5. The summed E-state index contributed by atoms with van der Waals surface area (Å²) in [6.45, 7) is 2.76. The minimum absolute atomic E-state index is 0.211. The summed E-state index contributed by atoms with van der Waals surface area (Å²) in [5.41, 5.74) is 0.664. The Morgan fingerprint density at radius 2 is 2.20 bits per heavy atom. The van der Waals surface area contributed by atoms with Crippen LogP contribution in [0.1, 0.15) is 19.2 Å². The van der Waals surface area contributed by atoms with Crippen molar-refractivity contribution in [2.45, 2.75) is 19.9 Å². The van der Waals surface area contributed by atoms with E-state index in [1.54, 1.807) is 28.6 Å². The molecule has 1 N–H and O–H groups in total. The van der Waals surface area contributed by atoms with Crippen molar-refractivity contribution in [2.24, 2.45) is 0 Å². The number of hydrogen-bond donors (Lipinski definition) is 1. The molecule has 0 atom stereocenters. The lowest BCUT2D eigenvalue weighted by atomic mass is 10.2. The van der Waals surface area contributed by atoms with E-state index in [1.807, 2.05) is 19.1 Å². The van der Waals surface area contributed by atoms with Crippen molar-refractivity contribution >= 4 is 34.1 Å². The van der Waals surface area contributed by atoms with E-state index < -0.39 is 0 Å². The van der Waals surface area contributed by atoms with E-state index in [0.29, 0.717) is 34.0 Å². The Labute approximate surface area is 153 Å². The molecule has 9 heteroatoms. The molecule has 0 radical (unpaired) electrons. The Bertz CT molecular complexity index is 837. The maximum atomic E-state index is 12.4. The summed E-state index contributed by atoms with van der Waals surface area (Å²) in [5, 5.41) is 13.7. The van der Waals surface area contributed by atoms with Crippen molar-refractivity contribution < 1.29 is 9.21 Å². The molecule has 130 valence electrons. The van der Waals surface area contributed by atoms with Gasteiger partial charge in [-0.25, -0.2) is 9.78 Å². The first-order chi connectivity index (χ1) is 12.2. The SMILES string of the molecule is CCCN(Cc1nnc(-c2ccccc2Cl)o1)C(=O)Nc1nccs1. The molecule has 0 bridgehead atoms. The number of halogens is 1. The van der Waals surface area contributed by atoms with Crippen molar-refractivity contribution in [3.63, 3.8) is 0 Å². The van der Waals surface area contributed by atoms with Crippen molar-refractivity contribution in [3.8, 4) is 11.5 Å². The van der Waals surface area contributed by atoms with Crippen LogP contribution < -0.4 is 5.32 Å². The van der Waals surface area contributed by atoms with Crippen LogP contribution in [-0.2, 0) is 6.54 Å². The van der Waals surface area contributed by atoms with Gasteiger partial charge in [0.05, 0.1) is 10.6 Å². The summed E-state index contributed by atoms with van der Waals surface area (Å²) < 4.78 is 5.67. The fourth-order valence-corrected chi connectivity index (χ4v) is 2.94. The van der Waals surface area contributed by atoms with Gasteiger partial charge in [-0.2, -0.15) is 0 Å². The second-order valence-corrected chi connectivity index (χ2v) is 6.47. The summed E-state index contributed by atoms with van der Waals surface area (Å²) in [6.07, 6.45) is 2.44. The van der Waals surface area contributed by atoms with E-state index >= 15 is 0 Å². The number of rotatable bonds is 6. The van der Waals surface area contributed by atoms with E-state index in [-0.39, 0.29) is 12.6 Å². The molecule has 0 spiro atoms. The zero-order chi connectivity index (χ0) is 17.6. The molecule has 2 heterocycles. The number of anilines is 1. The first-order valence-corrected chi connectivity index (χ1v) is 8.96. The average Bonchev–Trinajstić information content (AvgIpc) is 3.27. The number of benzene rings is 1. The van der Waals surface area contributed by atoms with Crippen LogP contribution >= 0.6 is 22.9 Å². The molecule has 2 amide bonds. The van der Waals surface area contributed by atoms with E-state index in [2.05, 4.69) is 20.5 Å². The molecular weight excluding hydrogens is 362 g/mol. The number of urea groups is 1. The van der Waals surface area contributed by atoms with Gasteiger partial charge in [-0.05, 0) is 18.6 Å². The quantitative estimate of drug-likeness (QED) is 0.692. The van der Waals surface area contributed by atoms with E-state index in [1.165, 1.54) is 11.3 Å². The maximum absolute atomic E-state index is 12.4. The minimum atomic E-state index is -0.255. The van der Waals surface area contributed by atoms with Crippen LogP contribution in [-0.4, -0.2) is 32.7 Å². The van der Waals surface area contributed by atoms with Gasteiger partial charge in [0.25, 0.3) is 0 Å². The lowest BCUT2D eigenvalue weighted by molar-refractivity contribution is 0.203. The molecule has 7 nitrogen and oxygen atoms in total. The standard InChI is InChI=1S/C16H16ClN5O2S/c1-2-8-22(16(23)19-15-18-7-9-25-15)10-13-20-21-14(24-13)11-5-3-4-6-12(11)17/h3-7,9H,2,8,10H2,1H3,(H,18,19,23). The number of amides is 2. The molecule has 1 aromatic carbocycles. The summed E-state index contributed by atoms with van der Waals surface area (Å²) in [6, 6.07) is 6.98. The molecular formula is C16H16ClN5O2S. The van der Waals surface area contributed by atoms with Crippen molar-refractivity contribution in [2.75, 3.05) is 11.9 Å². The van der Waals surface area contributed by atoms with Crippen molar-refractivity contribution in [1.82, 2.24) is 20.1 Å². The number of carbonyl (C=O) groups excluding carboxylic acids is 1. The lowest BCUT2D eigenvalue weighted by Crippen LogP contribution is -2.35. The summed E-state index contributed by atoms with van der Waals surface area (Å²) in [4.78, 5) is 18.1. The number of nitrogens with one attached hydrogen (secondary N) is 1. The molecule has 0 aliphatic carbocycles. The molecule has 0 aliphatic heterocycles. The molecule has 25 heavy (non-hydrogen) atoms. The van der Waals surface area contributed by atoms with Crippen LogP contribution in [0.5, 0.6) is 0 Å². The van der Waals surface area contributed by atoms with Gasteiger partial charge >= 0.3 is 6.03 Å². The van der Waals surface area contributed by atoms with Gasteiger partial charge in [0.1, 0.15) is 6.54 Å². The highest BCUT2D eigenvalue weighted by Crippen LogP contribution is 2.26. The highest BCUT2D eigenvalue weighted by molar-refractivity contribution is 7.13. The third kappa shape index (κ3) is 4.34. The number of thiazole rings is 1. The molecule has 0 unspecified atom stereocenters. The summed E-state index contributed by atoms with van der Waals surface area (Å²) in [7, 11) is 0. The first-order valence-electron chi connectivity index (χ1n) is 7.70. The van der Waals surface area contributed by atoms with Crippen LogP contribution in [0.25, 0.3) is 11.5 Å². The van der Waals surface area contributed by atoms with Crippen molar-refractivity contribution in [1.29, 1.82) is 0 Å². The normalized spacial score (nSPS) is 10.6. The fourth-order valence-electron chi connectivity index (χ4n) is 2.20. The van der Waals surface area contributed by atoms with Gasteiger partial charge in [0.15, 0.2) is 5.13 Å². The van der Waals surface area contributed by atoms with Gasteiger partial charge in [0.2, 0.25) is 11.8 Å². The minimum Gasteiger partial charge on any atom is -0.419 e. The number of nitrogens with zero attached hydrogens (tertiary/aromatic N) is 4. The number of carbonyl (C=O) groups is 1. The predicted molar refractivity (Wildman–Crippen MR) is 96.6 cm³/mol. The van der Waals surface area contributed by atoms with Crippen molar-refractivity contribution in [3.05, 3.63) is 46.8 Å². The first kappa shape index (κ1) is 17.4. The molecule has 0 aliphatic rings. The number of aromatic nitrogens is 3. The Hall–Kier alpha value is -2.45. The predicted octanol–water partition coefficient (Wildman–Crippen LogP) is 4.29. The molecule has 3 aromatic rings. The maximum Gasteiger partial charge on any atom is 0.324 e. The molecule has 2 aromatic heterocycles. The largest absolute Gasteiger partial charge is 0.419 e. The van der Waals surface area contributed by atoms with Crippen LogP contribution in [0.3, 0.4) is 0 Å². The Kier molecular flexibility index (Phi) is 5.62. The lowest BCUT2D eigenvalue weighted by Gasteiger charge is -2.19. The van der Waals surface area contributed by atoms with Crippen LogP contribution in [0.2, 0.25) is 5.02 Å². The second kappa shape index (κ2) is 8.09. The van der Waals surface area contributed by atoms with Gasteiger partial charge in [-0.3, -0.25) is 5.32 Å². The monoisotopic (exact) mass is 377 g/mol. The van der Waals surface area contributed by atoms with E-state index in [9.17, 15) is 4.79 Å². The molecule has 0 saturated heterocycles. The van der Waals surface area contributed by atoms with Gasteiger partial charge in [-0.1, -0.05) is 30.7 Å². The van der Waals surface area contributed by atoms with Crippen LogP contribution in [0.15, 0.2) is 40.3 Å². The summed E-state index contributed by atoms with van der Waals surface area (Å²) >= 11 is 7.51. The Morgan fingerprint density at radius 1 is 1.36 bits per heavy atom. The molecule has 0 fully saturated rings. The third-order valence-corrected chi connectivity index (χ3v) is 4.34. The highest BCUT2D eigenvalue weighted by Gasteiger charge is 2.18. The highest BCUT2D eigenvalue weighted by atomic mass is 35.5. The summed E-state index contributed by atoms with van der Waals surface area (Å²) in [5.74, 6) is 0.676. The number of hydrogen-bond acceptors (Lipinski definition) is 6. The fraction of sp³-hybridized carbons (Fsp3) is 0.250. The Morgan fingerprint density at radius 3 is 2.92 bits per heavy atom. The average molecular weight is 378 g/mol. The zero-order valence-corrected chi connectivity index (χ0v) is 15.0. The third-order valence-electron chi connectivity index (χ3n) is 3.32. The van der Waals surface area contributed by atoms with Gasteiger partial charge < -0.3 is 9.32 Å². The molecule has 3 rings (SSSR count). The second-order valence-electron chi connectivity index (χ2n) is 5.17. The van der Waals surface area contributed by atoms with Crippen LogP contribution in [0, 0.1) is 0 Å². The van der Waals surface area contributed by atoms with Gasteiger partial charge in [0, 0.05) is 18.1 Å². The smallest absolute Gasteiger partial charge is 0.324 e. The van der Waals surface area contributed by atoms with Crippen LogP contribution in [0.4, 0.5) is 9.93 Å². The van der Waals surface area contributed by atoms with E-state index in [4.69, 9.17) is 16.0 Å². The van der Waals surface area contributed by atoms with E-state index in [0.717, 1.165) is 6.42 Å². The van der Waals surface area contributed by atoms with Gasteiger partial charge in [-0.15, -0.1) is 21.5 Å². The molecule has 0 saturated carbocycles.